The molecule has 0 saturated heterocycles. The van der Waals surface area contributed by atoms with Crippen LogP contribution in [0.15, 0.2) is 72.9 Å². The number of ether oxygens (including phenoxy) is 1. The van der Waals surface area contributed by atoms with Crippen molar-refractivity contribution in [2.24, 2.45) is 0 Å². The number of halogens is 1. The molecule has 1 amide bonds. The highest BCUT2D eigenvalue weighted by Gasteiger charge is 2.09. The summed E-state index contributed by atoms with van der Waals surface area (Å²) < 4.78 is 18.7. The van der Waals surface area contributed by atoms with Crippen LogP contribution in [0.2, 0.25) is 0 Å². The Labute approximate surface area is 163 Å². The minimum Gasteiger partial charge on any atom is -0.456 e. The van der Waals surface area contributed by atoms with E-state index in [1.807, 2.05) is 50.2 Å². The third kappa shape index (κ3) is 5.51. The van der Waals surface area contributed by atoms with Crippen molar-refractivity contribution in [3.8, 4) is 11.5 Å². The first kappa shape index (κ1) is 19.3. The Bertz CT molecular complexity index is 967. The van der Waals surface area contributed by atoms with E-state index in [9.17, 15) is 9.18 Å². The Morgan fingerprint density at radius 1 is 1.11 bits per heavy atom. The Morgan fingerprint density at radius 3 is 2.61 bits per heavy atom. The number of hydrogen-bond donors (Lipinski definition) is 1. The number of nitrogens with one attached hydrogen (secondary N) is 1. The van der Waals surface area contributed by atoms with Gasteiger partial charge in [0.25, 0.3) is 0 Å². The number of benzene rings is 2. The summed E-state index contributed by atoms with van der Waals surface area (Å²) in [5, 5.41) is 2.91. The number of amides is 1. The van der Waals surface area contributed by atoms with Crippen LogP contribution >= 0.6 is 0 Å². The number of hydrogen-bond acceptors (Lipinski definition) is 3. The quantitative estimate of drug-likeness (QED) is 0.601. The molecule has 1 N–H and O–H groups in total. The summed E-state index contributed by atoms with van der Waals surface area (Å²) >= 11 is 0. The van der Waals surface area contributed by atoms with Crippen LogP contribution in [0.25, 0.3) is 6.08 Å². The summed E-state index contributed by atoms with van der Waals surface area (Å²) in [5.41, 5.74) is 2.60. The Hall–Kier alpha value is -3.47. The average molecular weight is 376 g/mol. The monoisotopic (exact) mass is 376 g/mol. The van der Waals surface area contributed by atoms with Crippen LogP contribution in [0.3, 0.4) is 0 Å². The van der Waals surface area contributed by atoms with Crippen molar-refractivity contribution in [3.05, 3.63) is 95.6 Å². The van der Waals surface area contributed by atoms with Gasteiger partial charge in [-0.25, -0.2) is 4.39 Å². The molecule has 0 aliphatic heterocycles. The van der Waals surface area contributed by atoms with E-state index in [4.69, 9.17) is 4.74 Å². The number of carbonyl (C=O) groups is 1. The third-order valence-corrected chi connectivity index (χ3v) is 4.13. The third-order valence-electron chi connectivity index (χ3n) is 4.13. The van der Waals surface area contributed by atoms with Crippen molar-refractivity contribution in [2.75, 3.05) is 0 Å². The molecule has 0 unspecified atom stereocenters. The van der Waals surface area contributed by atoms with Gasteiger partial charge in [0.05, 0.1) is 12.2 Å². The van der Waals surface area contributed by atoms with Crippen LogP contribution in [0, 0.1) is 12.7 Å². The first-order chi connectivity index (χ1) is 13.5. The lowest BCUT2D eigenvalue weighted by Gasteiger charge is -2.14. The number of aromatic nitrogens is 1. The minimum atomic E-state index is -0.307. The summed E-state index contributed by atoms with van der Waals surface area (Å²) in [5.74, 6) is 0.789. The SMILES string of the molecule is Cc1ccc(Oc2cccc([C@H](C)NC(=O)/C=C/c3ccc(F)cc3)c2)cn1. The normalized spacial score (nSPS) is 12.0. The van der Waals surface area contributed by atoms with Gasteiger partial charge in [0, 0.05) is 11.8 Å². The molecule has 4 nitrogen and oxygen atoms in total. The summed E-state index contributed by atoms with van der Waals surface area (Å²) in [6, 6.07) is 17.0. The Kier molecular flexibility index (Phi) is 6.17. The Morgan fingerprint density at radius 2 is 1.89 bits per heavy atom. The van der Waals surface area contributed by atoms with Crippen molar-refractivity contribution in [1.82, 2.24) is 10.3 Å². The molecule has 5 heteroatoms. The van der Waals surface area contributed by atoms with E-state index in [1.54, 1.807) is 24.4 Å². The molecule has 0 bridgehead atoms. The number of pyridine rings is 1. The standard InChI is InChI=1S/C23H21FN2O2/c1-16-6-12-22(15-25-16)28-21-5-3-4-19(14-21)17(2)26-23(27)13-9-18-7-10-20(24)11-8-18/h3-15,17H,1-2H3,(H,26,27)/b13-9+/t17-/m0/s1. The van der Waals surface area contributed by atoms with Gasteiger partial charge in [-0.3, -0.25) is 9.78 Å². The van der Waals surface area contributed by atoms with Crippen LogP contribution < -0.4 is 10.1 Å². The second-order valence-electron chi connectivity index (χ2n) is 6.42. The highest BCUT2D eigenvalue weighted by atomic mass is 19.1. The first-order valence-corrected chi connectivity index (χ1v) is 8.94. The molecule has 142 valence electrons. The van der Waals surface area contributed by atoms with E-state index in [0.717, 1.165) is 16.8 Å². The van der Waals surface area contributed by atoms with Crippen molar-refractivity contribution in [3.63, 3.8) is 0 Å². The highest BCUT2D eigenvalue weighted by molar-refractivity contribution is 5.91. The number of carbonyl (C=O) groups excluding carboxylic acids is 1. The predicted octanol–water partition coefficient (Wildman–Crippen LogP) is 5.21. The zero-order chi connectivity index (χ0) is 19.9. The molecule has 0 radical (unpaired) electrons. The van der Waals surface area contributed by atoms with Gasteiger partial charge in [0.15, 0.2) is 0 Å². The zero-order valence-corrected chi connectivity index (χ0v) is 15.7. The van der Waals surface area contributed by atoms with Gasteiger partial charge >= 0.3 is 0 Å². The topological polar surface area (TPSA) is 51.2 Å². The van der Waals surface area contributed by atoms with Crippen LogP contribution in [0.4, 0.5) is 4.39 Å². The van der Waals surface area contributed by atoms with Crippen molar-refractivity contribution >= 4 is 12.0 Å². The number of nitrogens with zero attached hydrogens (tertiary/aromatic N) is 1. The van der Waals surface area contributed by atoms with E-state index in [-0.39, 0.29) is 17.8 Å². The van der Waals surface area contributed by atoms with Crippen molar-refractivity contribution in [2.45, 2.75) is 19.9 Å². The lowest BCUT2D eigenvalue weighted by molar-refractivity contribution is -0.117. The van der Waals surface area contributed by atoms with E-state index in [0.29, 0.717) is 11.5 Å². The molecule has 3 rings (SSSR count). The summed E-state index contributed by atoms with van der Waals surface area (Å²) in [6.45, 7) is 3.81. The van der Waals surface area contributed by atoms with Gasteiger partial charge in [-0.2, -0.15) is 0 Å². The van der Waals surface area contributed by atoms with E-state index in [1.165, 1.54) is 18.2 Å². The molecule has 1 atom stereocenters. The van der Waals surface area contributed by atoms with Crippen LogP contribution in [-0.4, -0.2) is 10.9 Å². The maximum atomic E-state index is 12.9. The van der Waals surface area contributed by atoms with Crippen LogP contribution in [0.5, 0.6) is 11.5 Å². The van der Waals surface area contributed by atoms with Crippen LogP contribution in [-0.2, 0) is 4.79 Å². The average Bonchev–Trinajstić information content (AvgIpc) is 2.69. The molecule has 0 saturated carbocycles. The molecule has 0 aliphatic rings. The second kappa shape index (κ2) is 8.95. The molecular weight excluding hydrogens is 355 g/mol. The fraction of sp³-hybridized carbons (Fsp3) is 0.130. The van der Waals surface area contributed by atoms with E-state index < -0.39 is 0 Å². The van der Waals surface area contributed by atoms with Gasteiger partial charge in [0.1, 0.15) is 17.3 Å². The largest absolute Gasteiger partial charge is 0.456 e. The predicted molar refractivity (Wildman–Crippen MR) is 107 cm³/mol. The molecule has 28 heavy (non-hydrogen) atoms. The van der Waals surface area contributed by atoms with E-state index >= 15 is 0 Å². The van der Waals surface area contributed by atoms with Crippen LogP contribution in [0.1, 0.15) is 29.8 Å². The molecule has 0 fully saturated rings. The lowest BCUT2D eigenvalue weighted by atomic mass is 10.1. The molecule has 3 aromatic rings. The lowest BCUT2D eigenvalue weighted by Crippen LogP contribution is -2.24. The van der Waals surface area contributed by atoms with Gasteiger partial charge < -0.3 is 10.1 Å². The fourth-order valence-electron chi connectivity index (χ4n) is 2.59. The molecule has 1 heterocycles. The van der Waals surface area contributed by atoms with Gasteiger partial charge in [0.2, 0.25) is 5.91 Å². The number of rotatable bonds is 6. The van der Waals surface area contributed by atoms with Crippen molar-refractivity contribution in [1.29, 1.82) is 0 Å². The van der Waals surface area contributed by atoms with Gasteiger partial charge in [-0.05, 0) is 67.4 Å². The zero-order valence-electron chi connectivity index (χ0n) is 15.7. The fourth-order valence-corrected chi connectivity index (χ4v) is 2.59. The summed E-state index contributed by atoms with van der Waals surface area (Å²) in [7, 11) is 0. The van der Waals surface area contributed by atoms with Gasteiger partial charge in [-0.1, -0.05) is 24.3 Å². The van der Waals surface area contributed by atoms with E-state index in [2.05, 4.69) is 10.3 Å². The maximum absolute atomic E-state index is 12.9. The first-order valence-electron chi connectivity index (χ1n) is 8.94. The van der Waals surface area contributed by atoms with Gasteiger partial charge in [-0.15, -0.1) is 0 Å². The number of aryl methyl sites for hydroxylation is 1. The maximum Gasteiger partial charge on any atom is 0.244 e. The molecule has 2 aromatic carbocycles. The minimum absolute atomic E-state index is 0.204. The molecular formula is C23H21FN2O2. The van der Waals surface area contributed by atoms with Crippen molar-refractivity contribution < 1.29 is 13.9 Å². The molecule has 0 spiro atoms. The summed E-state index contributed by atoms with van der Waals surface area (Å²) in [4.78, 5) is 16.4. The Balaban J connectivity index is 1.62. The highest BCUT2D eigenvalue weighted by Crippen LogP contribution is 2.24. The molecule has 1 aromatic heterocycles. The molecule has 0 aliphatic carbocycles. The summed E-state index contributed by atoms with van der Waals surface area (Å²) in [6.07, 6.45) is 4.75. The smallest absolute Gasteiger partial charge is 0.244 e. The second-order valence-corrected chi connectivity index (χ2v) is 6.42.